The fourth-order valence-corrected chi connectivity index (χ4v) is 4.43. The summed E-state index contributed by atoms with van der Waals surface area (Å²) in [7, 11) is 0. The summed E-state index contributed by atoms with van der Waals surface area (Å²) in [6, 6.07) is 13.7. The second-order valence-corrected chi connectivity index (χ2v) is 8.32. The van der Waals surface area contributed by atoms with E-state index in [1.54, 1.807) is 0 Å². The van der Waals surface area contributed by atoms with Crippen LogP contribution in [0.25, 0.3) is 11.6 Å². The van der Waals surface area contributed by atoms with E-state index in [0.29, 0.717) is 0 Å². The minimum Gasteiger partial charge on any atom is -0.493 e. The largest absolute Gasteiger partial charge is 0.493 e. The molecular weight excluding hydrogens is 368 g/mol. The van der Waals surface area contributed by atoms with Crippen molar-refractivity contribution in [3.8, 4) is 5.75 Å². The van der Waals surface area contributed by atoms with Gasteiger partial charge in [0.2, 0.25) is 0 Å². The monoisotopic (exact) mass is 402 g/mol. The number of nitrogens with zero attached hydrogens (tertiary/aromatic N) is 1. The SMILES string of the molecule is CC=C1CCc2cc(N3CCNCC3)ccc2C=C1c1ccc(C)c(OCCC)c1. The third-order valence-corrected chi connectivity index (χ3v) is 6.23. The number of aryl methyl sites for hydroxylation is 2. The number of benzene rings is 2. The van der Waals surface area contributed by atoms with E-state index in [-0.39, 0.29) is 0 Å². The van der Waals surface area contributed by atoms with Crippen LogP contribution in [0.1, 0.15) is 48.9 Å². The molecule has 1 aliphatic heterocycles. The van der Waals surface area contributed by atoms with Crippen molar-refractivity contribution in [2.75, 3.05) is 37.7 Å². The molecule has 2 aromatic carbocycles. The van der Waals surface area contributed by atoms with E-state index in [2.05, 4.69) is 79.5 Å². The Hall–Kier alpha value is -2.52. The van der Waals surface area contributed by atoms with Gasteiger partial charge in [0.05, 0.1) is 6.61 Å². The molecule has 1 heterocycles. The molecule has 0 bridgehead atoms. The van der Waals surface area contributed by atoms with Gasteiger partial charge in [0.25, 0.3) is 0 Å². The highest BCUT2D eigenvalue weighted by Gasteiger charge is 2.18. The van der Waals surface area contributed by atoms with Crippen molar-refractivity contribution in [2.45, 2.75) is 40.0 Å². The second kappa shape index (κ2) is 9.53. The molecule has 0 radical (unpaired) electrons. The highest BCUT2D eigenvalue weighted by molar-refractivity contribution is 5.93. The van der Waals surface area contributed by atoms with Gasteiger partial charge in [0, 0.05) is 31.9 Å². The summed E-state index contributed by atoms with van der Waals surface area (Å²) < 4.78 is 6.01. The van der Waals surface area contributed by atoms with Crippen molar-refractivity contribution in [3.05, 3.63) is 70.3 Å². The van der Waals surface area contributed by atoms with Crippen molar-refractivity contribution in [2.24, 2.45) is 0 Å². The van der Waals surface area contributed by atoms with Gasteiger partial charge in [0.1, 0.15) is 5.75 Å². The van der Waals surface area contributed by atoms with Crippen LogP contribution in [0.15, 0.2) is 48.0 Å². The molecule has 0 amide bonds. The van der Waals surface area contributed by atoms with Gasteiger partial charge in [-0.3, -0.25) is 0 Å². The molecule has 1 aliphatic carbocycles. The molecule has 158 valence electrons. The van der Waals surface area contributed by atoms with Crippen LogP contribution in [0.4, 0.5) is 5.69 Å². The number of nitrogens with one attached hydrogen (secondary N) is 1. The Balaban J connectivity index is 1.70. The van der Waals surface area contributed by atoms with Crippen LogP contribution < -0.4 is 15.0 Å². The number of fused-ring (bicyclic) bond motifs is 1. The molecule has 2 aromatic rings. The van der Waals surface area contributed by atoms with E-state index < -0.39 is 0 Å². The van der Waals surface area contributed by atoms with Gasteiger partial charge >= 0.3 is 0 Å². The van der Waals surface area contributed by atoms with Crippen molar-refractivity contribution >= 4 is 17.3 Å². The summed E-state index contributed by atoms with van der Waals surface area (Å²) in [5, 5.41) is 3.45. The van der Waals surface area contributed by atoms with Crippen molar-refractivity contribution < 1.29 is 4.74 Å². The number of ether oxygens (including phenoxy) is 1. The number of hydrogen-bond acceptors (Lipinski definition) is 3. The Morgan fingerprint density at radius 3 is 2.67 bits per heavy atom. The number of hydrogen-bond donors (Lipinski definition) is 1. The van der Waals surface area contributed by atoms with E-state index in [4.69, 9.17) is 4.74 Å². The van der Waals surface area contributed by atoms with Crippen LogP contribution in [-0.2, 0) is 6.42 Å². The van der Waals surface area contributed by atoms with E-state index in [1.165, 1.54) is 39.1 Å². The maximum atomic E-state index is 6.01. The molecule has 0 spiro atoms. The van der Waals surface area contributed by atoms with Crippen molar-refractivity contribution in [1.29, 1.82) is 0 Å². The number of piperazine rings is 1. The molecule has 1 saturated heterocycles. The van der Waals surface area contributed by atoms with Gasteiger partial charge in [-0.25, -0.2) is 0 Å². The van der Waals surface area contributed by atoms with Crippen molar-refractivity contribution in [3.63, 3.8) is 0 Å². The topological polar surface area (TPSA) is 24.5 Å². The van der Waals surface area contributed by atoms with Gasteiger partial charge in [-0.1, -0.05) is 31.2 Å². The molecule has 3 heteroatoms. The van der Waals surface area contributed by atoms with Gasteiger partial charge in [-0.15, -0.1) is 0 Å². The lowest BCUT2D eigenvalue weighted by molar-refractivity contribution is 0.315. The molecule has 0 unspecified atom stereocenters. The molecule has 4 rings (SSSR count). The average molecular weight is 403 g/mol. The minimum absolute atomic E-state index is 0.761. The van der Waals surface area contributed by atoms with E-state index in [1.807, 2.05) is 0 Å². The smallest absolute Gasteiger partial charge is 0.122 e. The summed E-state index contributed by atoms with van der Waals surface area (Å²) in [5.74, 6) is 1.00. The zero-order valence-corrected chi connectivity index (χ0v) is 18.6. The normalized spacial score (nSPS) is 18.0. The van der Waals surface area contributed by atoms with E-state index in [9.17, 15) is 0 Å². The zero-order valence-electron chi connectivity index (χ0n) is 18.6. The maximum absolute atomic E-state index is 6.01. The molecule has 0 aromatic heterocycles. The first-order valence-corrected chi connectivity index (χ1v) is 11.4. The summed E-state index contributed by atoms with van der Waals surface area (Å²) >= 11 is 0. The Morgan fingerprint density at radius 2 is 1.90 bits per heavy atom. The molecular formula is C27H34N2O. The lowest BCUT2D eigenvalue weighted by atomic mass is 9.94. The first-order valence-electron chi connectivity index (χ1n) is 11.4. The molecule has 3 nitrogen and oxygen atoms in total. The Labute approximate surface area is 181 Å². The fraction of sp³-hybridized carbons (Fsp3) is 0.407. The summed E-state index contributed by atoms with van der Waals surface area (Å²) in [4.78, 5) is 2.50. The highest BCUT2D eigenvalue weighted by atomic mass is 16.5. The maximum Gasteiger partial charge on any atom is 0.122 e. The molecule has 2 aliphatic rings. The quantitative estimate of drug-likeness (QED) is 0.702. The molecule has 1 fully saturated rings. The first-order chi connectivity index (χ1) is 14.7. The predicted octanol–water partition coefficient (Wildman–Crippen LogP) is 5.63. The molecule has 1 N–H and O–H groups in total. The van der Waals surface area contributed by atoms with Crippen LogP contribution in [0.2, 0.25) is 0 Å². The molecule has 0 saturated carbocycles. The number of rotatable bonds is 5. The van der Waals surface area contributed by atoms with Gasteiger partial charge in [-0.2, -0.15) is 0 Å². The van der Waals surface area contributed by atoms with Gasteiger partial charge in [0.15, 0.2) is 0 Å². The van der Waals surface area contributed by atoms with E-state index >= 15 is 0 Å². The Bertz CT molecular complexity index is 951. The lowest BCUT2D eigenvalue weighted by Gasteiger charge is -2.30. The van der Waals surface area contributed by atoms with Crippen molar-refractivity contribution in [1.82, 2.24) is 5.32 Å². The van der Waals surface area contributed by atoms with E-state index in [0.717, 1.165) is 57.8 Å². The summed E-state index contributed by atoms with van der Waals surface area (Å²) in [5.41, 5.74) is 9.35. The standard InChI is InChI=1S/C27H34N2O/c1-4-16-30-27-19-24(7-6-20(27)3)26-18-23-10-11-25(29-14-12-28-13-15-29)17-22(23)9-8-21(26)5-2/h5-7,10-11,17-19,28H,4,8-9,12-16H2,1-3H3. The molecule has 0 atom stereocenters. The van der Waals surface area contributed by atoms with Gasteiger partial charge < -0.3 is 15.0 Å². The Morgan fingerprint density at radius 1 is 1.07 bits per heavy atom. The average Bonchev–Trinajstić information content (AvgIpc) is 2.98. The number of anilines is 1. The third kappa shape index (κ3) is 4.46. The predicted molar refractivity (Wildman–Crippen MR) is 128 cm³/mol. The van der Waals surface area contributed by atoms with Crippen LogP contribution in [0.5, 0.6) is 5.75 Å². The van der Waals surface area contributed by atoms with Crippen LogP contribution in [0, 0.1) is 6.92 Å². The lowest BCUT2D eigenvalue weighted by Crippen LogP contribution is -2.43. The van der Waals surface area contributed by atoms with Gasteiger partial charge in [-0.05, 0) is 90.8 Å². The zero-order chi connectivity index (χ0) is 20.9. The van der Waals surface area contributed by atoms with Crippen LogP contribution in [0.3, 0.4) is 0 Å². The second-order valence-electron chi connectivity index (χ2n) is 8.32. The molecule has 30 heavy (non-hydrogen) atoms. The van der Waals surface area contributed by atoms with Crippen LogP contribution >= 0.6 is 0 Å². The number of allylic oxidation sites excluding steroid dienone is 3. The third-order valence-electron chi connectivity index (χ3n) is 6.23. The Kier molecular flexibility index (Phi) is 6.59. The highest BCUT2D eigenvalue weighted by Crippen LogP contribution is 2.36. The summed E-state index contributed by atoms with van der Waals surface area (Å²) in [6.07, 6.45) is 7.84. The summed E-state index contributed by atoms with van der Waals surface area (Å²) in [6.45, 7) is 11.5. The minimum atomic E-state index is 0.761. The first kappa shape index (κ1) is 20.7. The van der Waals surface area contributed by atoms with Crippen LogP contribution in [-0.4, -0.2) is 32.8 Å². The fourth-order valence-electron chi connectivity index (χ4n) is 4.43.